The minimum absolute atomic E-state index is 0.0304. The van der Waals surface area contributed by atoms with Gasteiger partial charge in [0.2, 0.25) is 11.8 Å². The Hall–Kier alpha value is -2.05. The molecule has 0 bridgehead atoms. The molecule has 0 atom stereocenters. The van der Waals surface area contributed by atoms with Crippen molar-refractivity contribution in [1.82, 2.24) is 14.5 Å². The highest BCUT2D eigenvalue weighted by Crippen LogP contribution is 2.10. The van der Waals surface area contributed by atoms with Crippen LogP contribution in [0.15, 0.2) is 15.7 Å². The van der Waals surface area contributed by atoms with E-state index in [4.69, 9.17) is 0 Å². The van der Waals surface area contributed by atoms with Crippen LogP contribution in [0.2, 0.25) is 0 Å². The maximum absolute atomic E-state index is 11.9. The Balaban J connectivity index is 2.00. The summed E-state index contributed by atoms with van der Waals surface area (Å²) in [6.45, 7) is 1.58. The molecule has 0 radical (unpaired) electrons. The number of nitrogens with zero attached hydrogens (tertiary/aromatic N) is 2. The molecule has 7 heteroatoms. The lowest BCUT2D eigenvalue weighted by atomic mass is 10.1. The number of aromatic nitrogens is 2. The van der Waals surface area contributed by atoms with Crippen molar-refractivity contribution in [1.29, 1.82) is 0 Å². The minimum Gasteiger partial charge on any atom is -0.494 e. The number of aromatic hydroxyl groups is 1. The molecule has 0 aromatic carbocycles. The first-order chi connectivity index (χ1) is 9.08. The van der Waals surface area contributed by atoms with Crippen LogP contribution in [-0.2, 0) is 11.3 Å². The van der Waals surface area contributed by atoms with Gasteiger partial charge in [0.1, 0.15) is 0 Å². The first kappa shape index (κ1) is 13.4. The molecule has 1 aliphatic heterocycles. The van der Waals surface area contributed by atoms with Gasteiger partial charge in [-0.15, -0.1) is 0 Å². The zero-order chi connectivity index (χ0) is 13.8. The maximum atomic E-state index is 11.9. The third-order valence-corrected chi connectivity index (χ3v) is 3.27. The van der Waals surface area contributed by atoms with Crippen molar-refractivity contribution in [3.8, 4) is 5.88 Å². The summed E-state index contributed by atoms with van der Waals surface area (Å²) >= 11 is 0. The number of hydrogen-bond acceptors (Lipinski definition) is 4. The topological polar surface area (TPSA) is 95.4 Å². The Kier molecular flexibility index (Phi) is 4.03. The predicted molar refractivity (Wildman–Crippen MR) is 68.0 cm³/mol. The molecule has 1 amide bonds. The van der Waals surface area contributed by atoms with Crippen molar-refractivity contribution in [2.75, 3.05) is 13.1 Å². The summed E-state index contributed by atoms with van der Waals surface area (Å²) in [6, 6.07) is 0.923. The molecule has 1 aliphatic rings. The summed E-state index contributed by atoms with van der Waals surface area (Å²) in [5.41, 5.74) is -1.35. The van der Waals surface area contributed by atoms with Gasteiger partial charge in [0.05, 0.1) is 6.07 Å². The second-order valence-electron chi connectivity index (χ2n) is 4.64. The molecule has 2 rings (SSSR count). The SMILES string of the molecule is O=C(CCn1c(O)cc(=O)[nH]c1=O)N1CCCCC1. The van der Waals surface area contributed by atoms with Crippen LogP contribution in [0.4, 0.5) is 0 Å². The second-order valence-corrected chi connectivity index (χ2v) is 4.64. The molecule has 2 N–H and O–H groups in total. The number of amides is 1. The second kappa shape index (κ2) is 5.73. The molecular formula is C12H17N3O4. The smallest absolute Gasteiger partial charge is 0.331 e. The lowest BCUT2D eigenvalue weighted by Crippen LogP contribution is -2.37. The van der Waals surface area contributed by atoms with Crippen LogP contribution in [0.5, 0.6) is 5.88 Å². The molecule has 0 saturated carbocycles. The van der Waals surface area contributed by atoms with Gasteiger partial charge < -0.3 is 10.0 Å². The average molecular weight is 267 g/mol. The molecule has 1 aromatic rings. The molecule has 0 aliphatic carbocycles. The number of carbonyl (C=O) groups excluding carboxylic acids is 1. The fraction of sp³-hybridized carbons (Fsp3) is 0.583. The van der Waals surface area contributed by atoms with Crippen LogP contribution in [0.1, 0.15) is 25.7 Å². The zero-order valence-electron chi connectivity index (χ0n) is 10.6. The van der Waals surface area contributed by atoms with E-state index in [2.05, 4.69) is 0 Å². The highest BCUT2D eigenvalue weighted by atomic mass is 16.3. The lowest BCUT2D eigenvalue weighted by molar-refractivity contribution is -0.132. The van der Waals surface area contributed by atoms with Gasteiger partial charge in [-0.2, -0.15) is 0 Å². The molecule has 19 heavy (non-hydrogen) atoms. The van der Waals surface area contributed by atoms with Crippen LogP contribution in [0.25, 0.3) is 0 Å². The monoisotopic (exact) mass is 267 g/mol. The number of piperidine rings is 1. The van der Waals surface area contributed by atoms with Crippen LogP contribution in [0.3, 0.4) is 0 Å². The Morgan fingerprint density at radius 1 is 1.26 bits per heavy atom. The molecule has 2 heterocycles. The number of likely N-dealkylation sites (tertiary alicyclic amines) is 1. The number of nitrogens with one attached hydrogen (secondary N) is 1. The number of aromatic amines is 1. The zero-order valence-corrected chi connectivity index (χ0v) is 10.6. The number of carbonyl (C=O) groups is 1. The van der Waals surface area contributed by atoms with E-state index in [1.165, 1.54) is 0 Å². The predicted octanol–water partition coefficient (Wildman–Crippen LogP) is -0.355. The molecule has 1 fully saturated rings. The Labute approximate surface area is 109 Å². The van der Waals surface area contributed by atoms with E-state index in [-0.39, 0.29) is 18.9 Å². The van der Waals surface area contributed by atoms with Gasteiger partial charge in [0.25, 0.3) is 5.56 Å². The van der Waals surface area contributed by atoms with Crippen LogP contribution in [-0.4, -0.2) is 38.6 Å². The van der Waals surface area contributed by atoms with Crippen molar-refractivity contribution in [3.05, 3.63) is 26.9 Å². The first-order valence-corrected chi connectivity index (χ1v) is 6.39. The standard InChI is InChI=1S/C12H17N3O4/c16-9-8-11(18)15(12(19)13-9)7-4-10(17)14-5-2-1-3-6-14/h8,18H,1-7H2,(H,13,16,19). The fourth-order valence-electron chi connectivity index (χ4n) is 2.23. The normalized spacial score (nSPS) is 15.5. The van der Waals surface area contributed by atoms with Gasteiger partial charge in [-0.1, -0.05) is 0 Å². The van der Waals surface area contributed by atoms with Gasteiger partial charge in [-0.25, -0.2) is 4.79 Å². The van der Waals surface area contributed by atoms with Gasteiger partial charge in [-0.3, -0.25) is 19.1 Å². The van der Waals surface area contributed by atoms with E-state index in [9.17, 15) is 19.5 Å². The van der Waals surface area contributed by atoms with Gasteiger partial charge in [0.15, 0.2) is 0 Å². The third-order valence-electron chi connectivity index (χ3n) is 3.27. The lowest BCUT2D eigenvalue weighted by Gasteiger charge is -2.26. The van der Waals surface area contributed by atoms with Crippen molar-refractivity contribution >= 4 is 5.91 Å². The van der Waals surface area contributed by atoms with E-state index < -0.39 is 17.1 Å². The quantitative estimate of drug-likeness (QED) is 0.782. The van der Waals surface area contributed by atoms with E-state index in [0.717, 1.165) is 43.0 Å². The van der Waals surface area contributed by atoms with E-state index >= 15 is 0 Å². The summed E-state index contributed by atoms with van der Waals surface area (Å²) in [6.07, 6.45) is 3.30. The Bertz CT molecular complexity index is 569. The number of hydrogen-bond donors (Lipinski definition) is 2. The average Bonchev–Trinajstić information content (AvgIpc) is 2.38. The summed E-state index contributed by atoms with van der Waals surface area (Å²) in [5, 5.41) is 9.51. The Morgan fingerprint density at radius 3 is 2.58 bits per heavy atom. The molecule has 0 spiro atoms. The van der Waals surface area contributed by atoms with Crippen molar-refractivity contribution in [3.63, 3.8) is 0 Å². The summed E-state index contributed by atoms with van der Waals surface area (Å²) in [4.78, 5) is 38.2. The van der Waals surface area contributed by atoms with Crippen LogP contribution >= 0.6 is 0 Å². The third kappa shape index (κ3) is 3.24. The highest BCUT2D eigenvalue weighted by Gasteiger charge is 2.16. The molecule has 7 nitrogen and oxygen atoms in total. The number of H-pyrrole nitrogens is 1. The Morgan fingerprint density at radius 2 is 1.95 bits per heavy atom. The van der Waals surface area contributed by atoms with E-state index in [1.807, 2.05) is 4.98 Å². The van der Waals surface area contributed by atoms with Crippen LogP contribution < -0.4 is 11.2 Å². The van der Waals surface area contributed by atoms with Gasteiger partial charge in [-0.05, 0) is 19.3 Å². The van der Waals surface area contributed by atoms with Crippen molar-refractivity contribution in [2.45, 2.75) is 32.2 Å². The van der Waals surface area contributed by atoms with Crippen LogP contribution in [0, 0.1) is 0 Å². The summed E-state index contributed by atoms with van der Waals surface area (Å²) in [5.74, 6) is -0.447. The summed E-state index contributed by atoms with van der Waals surface area (Å²) in [7, 11) is 0. The first-order valence-electron chi connectivity index (χ1n) is 6.39. The van der Waals surface area contributed by atoms with Gasteiger partial charge >= 0.3 is 5.69 Å². The van der Waals surface area contributed by atoms with E-state index in [1.54, 1.807) is 4.90 Å². The fourth-order valence-corrected chi connectivity index (χ4v) is 2.23. The molecule has 1 saturated heterocycles. The number of rotatable bonds is 3. The maximum Gasteiger partial charge on any atom is 0.331 e. The minimum atomic E-state index is -0.698. The molecule has 1 aromatic heterocycles. The van der Waals surface area contributed by atoms with E-state index in [0.29, 0.717) is 0 Å². The van der Waals surface area contributed by atoms with Gasteiger partial charge in [0, 0.05) is 26.1 Å². The molecule has 104 valence electrons. The molecular weight excluding hydrogens is 250 g/mol. The summed E-state index contributed by atoms with van der Waals surface area (Å²) < 4.78 is 0.989. The highest BCUT2D eigenvalue weighted by molar-refractivity contribution is 5.76. The molecule has 0 unspecified atom stereocenters. The largest absolute Gasteiger partial charge is 0.494 e. The van der Waals surface area contributed by atoms with Crippen molar-refractivity contribution < 1.29 is 9.90 Å². The van der Waals surface area contributed by atoms with Crippen molar-refractivity contribution in [2.24, 2.45) is 0 Å².